The molecule has 0 unspecified atom stereocenters. The third-order valence-electron chi connectivity index (χ3n) is 2.67. The van der Waals surface area contributed by atoms with Crippen molar-refractivity contribution in [2.45, 2.75) is 16.7 Å². The predicted octanol–water partition coefficient (Wildman–Crippen LogP) is 2.89. The molecule has 6 heteroatoms. The van der Waals surface area contributed by atoms with Gasteiger partial charge in [0.05, 0.1) is 9.79 Å². The van der Waals surface area contributed by atoms with Crippen molar-refractivity contribution in [3.63, 3.8) is 0 Å². The number of aromatic hydroxyl groups is 2. The second kappa shape index (κ2) is 4.75. The number of hydrogen-bond donors (Lipinski definition) is 2. The lowest BCUT2D eigenvalue weighted by molar-refractivity contribution is 0.401. The van der Waals surface area contributed by atoms with Crippen LogP contribution in [0.4, 0.5) is 0 Å². The summed E-state index contributed by atoms with van der Waals surface area (Å²) in [7, 11) is -3.79. The van der Waals surface area contributed by atoms with Crippen LogP contribution in [-0.4, -0.2) is 18.6 Å². The van der Waals surface area contributed by atoms with Gasteiger partial charge in [0.15, 0.2) is 11.5 Å². The molecule has 0 radical (unpaired) electrons. The van der Waals surface area contributed by atoms with E-state index < -0.39 is 15.6 Å². The molecular formula is C13H11ClO4S. The maximum absolute atomic E-state index is 12.4. The highest BCUT2D eigenvalue weighted by Gasteiger charge is 2.22. The maximum Gasteiger partial charge on any atom is 0.207 e. The smallest absolute Gasteiger partial charge is 0.207 e. The van der Waals surface area contributed by atoms with E-state index in [1.54, 1.807) is 6.07 Å². The summed E-state index contributed by atoms with van der Waals surface area (Å²) in [6.07, 6.45) is 0. The molecule has 100 valence electrons. The molecule has 0 fully saturated rings. The van der Waals surface area contributed by atoms with Crippen LogP contribution in [0.25, 0.3) is 0 Å². The maximum atomic E-state index is 12.4. The normalized spacial score (nSPS) is 11.5. The van der Waals surface area contributed by atoms with Crippen LogP contribution < -0.4 is 0 Å². The van der Waals surface area contributed by atoms with Crippen LogP contribution >= 0.6 is 11.6 Å². The lowest BCUT2D eigenvalue weighted by Gasteiger charge is -2.09. The van der Waals surface area contributed by atoms with Crippen LogP contribution in [-0.2, 0) is 9.84 Å². The number of hydrogen-bond acceptors (Lipinski definition) is 4. The van der Waals surface area contributed by atoms with Crippen molar-refractivity contribution >= 4 is 21.4 Å². The highest BCUT2D eigenvalue weighted by molar-refractivity contribution is 7.91. The van der Waals surface area contributed by atoms with E-state index >= 15 is 0 Å². The Kier molecular flexibility index (Phi) is 3.43. The van der Waals surface area contributed by atoms with Crippen LogP contribution in [0.5, 0.6) is 11.5 Å². The Morgan fingerprint density at radius 2 is 1.68 bits per heavy atom. The van der Waals surface area contributed by atoms with Gasteiger partial charge in [0.2, 0.25) is 9.84 Å². The molecule has 0 heterocycles. The molecule has 2 aromatic rings. The summed E-state index contributed by atoms with van der Waals surface area (Å²) in [6, 6.07) is 8.09. The number of halogens is 1. The Morgan fingerprint density at radius 1 is 1.05 bits per heavy atom. The van der Waals surface area contributed by atoms with Crippen molar-refractivity contribution in [2.75, 3.05) is 0 Å². The number of benzene rings is 2. The summed E-state index contributed by atoms with van der Waals surface area (Å²) < 4.78 is 24.8. The van der Waals surface area contributed by atoms with E-state index in [4.69, 9.17) is 11.6 Å². The van der Waals surface area contributed by atoms with Gasteiger partial charge in [0.25, 0.3) is 0 Å². The molecule has 0 spiro atoms. The SMILES string of the molecule is Cc1cc(O)c(O)cc1S(=O)(=O)c1cccc(Cl)c1. The Bertz CT molecular complexity index is 738. The lowest BCUT2D eigenvalue weighted by atomic mass is 10.2. The number of phenolic OH excluding ortho intramolecular Hbond substituents is 2. The molecule has 0 saturated heterocycles. The fourth-order valence-corrected chi connectivity index (χ4v) is 3.51. The first kappa shape index (κ1) is 13.7. The fourth-order valence-electron chi connectivity index (χ4n) is 1.71. The molecular weight excluding hydrogens is 288 g/mol. The number of sulfone groups is 1. The van der Waals surface area contributed by atoms with Crippen LogP contribution in [0.3, 0.4) is 0 Å². The van der Waals surface area contributed by atoms with Gasteiger partial charge in [0.1, 0.15) is 0 Å². The largest absolute Gasteiger partial charge is 0.504 e. The lowest BCUT2D eigenvalue weighted by Crippen LogP contribution is -2.04. The number of rotatable bonds is 2. The Labute approximate surface area is 115 Å². The van der Waals surface area contributed by atoms with Gasteiger partial charge in [-0.1, -0.05) is 17.7 Å². The monoisotopic (exact) mass is 298 g/mol. The Morgan fingerprint density at radius 3 is 2.32 bits per heavy atom. The van der Waals surface area contributed by atoms with Crippen molar-refractivity contribution in [3.05, 3.63) is 47.0 Å². The Balaban J connectivity index is 2.67. The topological polar surface area (TPSA) is 74.6 Å². The van der Waals surface area contributed by atoms with Crippen LogP contribution in [0.15, 0.2) is 46.2 Å². The predicted molar refractivity (Wildman–Crippen MR) is 71.4 cm³/mol. The molecule has 19 heavy (non-hydrogen) atoms. The van der Waals surface area contributed by atoms with Crippen LogP contribution in [0.1, 0.15) is 5.56 Å². The Hall–Kier alpha value is -1.72. The van der Waals surface area contributed by atoms with E-state index in [2.05, 4.69) is 0 Å². The van der Waals surface area contributed by atoms with Crippen LogP contribution in [0.2, 0.25) is 5.02 Å². The zero-order valence-electron chi connectivity index (χ0n) is 9.96. The fraction of sp³-hybridized carbons (Fsp3) is 0.0769. The molecule has 2 N–H and O–H groups in total. The molecule has 2 rings (SSSR count). The third kappa shape index (κ3) is 2.52. The quantitative estimate of drug-likeness (QED) is 0.836. The molecule has 0 aliphatic heterocycles. The minimum absolute atomic E-state index is 0.0354. The second-order valence-electron chi connectivity index (χ2n) is 4.07. The van der Waals surface area contributed by atoms with E-state index in [1.807, 2.05) is 0 Å². The average Bonchev–Trinajstić information content (AvgIpc) is 2.33. The molecule has 0 aliphatic rings. The molecule has 0 aliphatic carbocycles. The summed E-state index contributed by atoms with van der Waals surface area (Å²) in [6.45, 7) is 1.54. The van der Waals surface area contributed by atoms with E-state index in [1.165, 1.54) is 31.2 Å². The van der Waals surface area contributed by atoms with Crippen molar-refractivity contribution in [2.24, 2.45) is 0 Å². The van der Waals surface area contributed by atoms with Gasteiger partial charge in [-0.25, -0.2) is 8.42 Å². The van der Waals surface area contributed by atoms with E-state index in [0.29, 0.717) is 10.6 Å². The van der Waals surface area contributed by atoms with Crippen molar-refractivity contribution < 1.29 is 18.6 Å². The van der Waals surface area contributed by atoms with Gasteiger partial charge in [-0.3, -0.25) is 0 Å². The summed E-state index contributed by atoms with van der Waals surface area (Å²) in [5, 5.41) is 19.1. The molecule has 0 saturated carbocycles. The zero-order valence-corrected chi connectivity index (χ0v) is 11.5. The second-order valence-corrected chi connectivity index (χ2v) is 6.42. The summed E-state index contributed by atoms with van der Waals surface area (Å²) in [5.41, 5.74) is 0.343. The third-order valence-corrected chi connectivity index (χ3v) is 4.80. The zero-order chi connectivity index (χ0) is 14.2. The van der Waals surface area contributed by atoms with Gasteiger partial charge < -0.3 is 10.2 Å². The highest BCUT2D eigenvalue weighted by Crippen LogP contribution is 2.33. The minimum atomic E-state index is -3.79. The molecule has 0 amide bonds. The first-order chi connectivity index (χ1) is 8.82. The van der Waals surface area contributed by atoms with Gasteiger partial charge in [-0.05, 0) is 36.8 Å². The van der Waals surface area contributed by atoms with Crippen molar-refractivity contribution in [3.8, 4) is 11.5 Å². The number of phenols is 2. The standard InChI is InChI=1S/C13H11ClO4S/c1-8-5-11(15)12(16)7-13(8)19(17,18)10-4-2-3-9(14)6-10/h2-7,15-16H,1H3. The van der Waals surface area contributed by atoms with E-state index in [0.717, 1.165) is 6.07 Å². The summed E-state index contributed by atoms with van der Waals surface area (Å²) in [5.74, 6) is -0.839. The highest BCUT2D eigenvalue weighted by atomic mass is 35.5. The number of aryl methyl sites for hydroxylation is 1. The minimum Gasteiger partial charge on any atom is -0.504 e. The molecule has 0 aromatic heterocycles. The molecule has 0 atom stereocenters. The summed E-state index contributed by atoms with van der Waals surface area (Å²) in [4.78, 5) is -0.0294. The van der Waals surface area contributed by atoms with Crippen LogP contribution in [0, 0.1) is 6.92 Å². The van der Waals surface area contributed by atoms with Gasteiger partial charge in [0, 0.05) is 11.1 Å². The van der Waals surface area contributed by atoms with Gasteiger partial charge in [-0.2, -0.15) is 0 Å². The van der Waals surface area contributed by atoms with Crippen molar-refractivity contribution in [1.29, 1.82) is 0 Å². The molecule has 0 bridgehead atoms. The first-order valence-corrected chi connectivity index (χ1v) is 7.21. The van der Waals surface area contributed by atoms with Gasteiger partial charge >= 0.3 is 0 Å². The van der Waals surface area contributed by atoms with Gasteiger partial charge in [-0.15, -0.1) is 0 Å². The molecule has 2 aromatic carbocycles. The summed E-state index contributed by atoms with van der Waals surface area (Å²) >= 11 is 5.78. The first-order valence-electron chi connectivity index (χ1n) is 5.35. The molecule has 4 nitrogen and oxygen atoms in total. The van der Waals surface area contributed by atoms with E-state index in [9.17, 15) is 18.6 Å². The van der Waals surface area contributed by atoms with E-state index in [-0.39, 0.29) is 15.5 Å². The average molecular weight is 299 g/mol. The van der Waals surface area contributed by atoms with Crippen molar-refractivity contribution in [1.82, 2.24) is 0 Å².